The zero-order chi connectivity index (χ0) is 43.3. The molecule has 0 bridgehead atoms. The molecule has 0 unspecified atom stereocenters. The fraction of sp³-hybridized carbons (Fsp3) is 0.172. The third-order valence-electron chi connectivity index (χ3n) is 15.2. The highest BCUT2D eigenvalue weighted by Gasteiger charge is 2.50. The lowest BCUT2D eigenvalue weighted by molar-refractivity contribution is 0.590. The molecule has 0 radical (unpaired) electrons. The van der Waals surface area contributed by atoms with E-state index in [1.165, 1.54) is 109 Å². The molecule has 6 heteroatoms. The number of hydrogen-bond donors (Lipinski definition) is 0. The number of aromatic nitrogens is 1. The van der Waals surface area contributed by atoms with E-state index in [2.05, 4.69) is 204 Å². The minimum absolute atomic E-state index is 0.00726. The van der Waals surface area contributed by atoms with Gasteiger partial charge in [-0.2, -0.15) is 0 Å². The molecule has 3 aliphatic heterocycles. The smallest absolute Gasteiger partial charge is 0.333 e. The van der Waals surface area contributed by atoms with Crippen LogP contribution in [0.2, 0.25) is 13.1 Å². The second-order valence-electron chi connectivity index (χ2n) is 21.3. The molecule has 0 N–H and O–H groups in total. The molecular formula is C58H47BN2OSSi. The third-order valence-corrected chi connectivity index (χ3v) is 19.9. The summed E-state index contributed by atoms with van der Waals surface area (Å²) in [5, 5.41) is 10.9. The standard InChI is InChI=1S/C58H47BN2OSSi/c1-57(2,3)32-21-24-34(25-22-32)61-44-29-38-35-15-9-12-18-46(35)62-47(38)30-41(44)51-52-37-17-11-14-20-50(37)64(7,8)56(52)53-40-27-33(58(4,5)6)23-26-43(40)60-45-31-49-39(36-16-10-13-19-48(36)63-49)28-42(45)59(61)54(51)55(53)60/h9-31H,1-8H3. The number of anilines is 2. The van der Waals surface area contributed by atoms with E-state index < -0.39 is 8.07 Å². The summed E-state index contributed by atoms with van der Waals surface area (Å²) < 4.78 is 12.2. The molecule has 3 aliphatic rings. The molecule has 0 saturated heterocycles. The highest BCUT2D eigenvalue weighted by Crippen LogP contribution is 2.52. The van der Waals surface area contributed by atoms with Gasteiger partial charge in [-0.1, -0.05) is 140 Å². The maximum Gasteiger partial charge on any atom is 0.333 e. The van der Waals surface area contributed by atoms with Crippen LogP contribution in [0.25, 0.3) is 91.9 Å². The maximum atomic E-state index is 6.83. The predicted molar refractivity (Wildman–Crippen MR) is 280 cm³/mol. The van der Waals surface area contributed by atoms with Crippen molar-refractivity contribution in [2.75, 3.05) is 4.81 Å². The highest BCUT2D eigenvalue weighted by molar-refractivity contribution is 7.26. The molecule has 14 rings (SSSR count). The molecule has 64 heavy (non-hydrogen) atoms. The fourth-order valence-corrected chi connectivity index (χ4v) is 16.7. The number of fused-ring (bicyclic) bond motifs is 19. The Morgan fingerprint density at radius 1 is 0.562 bits per heavy atom. The number of furan rings is 1. The molecule has 308 valence electrons. The summed E-state index contributed by atoms with van der Waals surface area (Å²) in [5.41, 5.74) is 19.1. The van der Waals surface area contributed by atoms with Crippen molar-refractivity contribution >= 4 is 123 Å². The van der Waals surface area contributed by atoms with E-state index in [0.29, 0.717) is 0 Å². The SMILES string of the molecule is CC(C)(C)c1ccc(N2B3c4cc5c(cc4-n4c6ccc(C(C)(C)C)cc6c6c7c(c(c3c64)-c3cc4oc6ccccc6c4cc32)-c2ccccc2[Si]7(C)C)sc2ccccc25)cc1. The first-order valence-electron chi connectivity index (χ1n) is 22.9. The van der Waals surface area contributed by atoms with Gasteiger partial charge in [0.1, 0.15) is 19.2 Å². The maximum absolute atomic E-state index is 6.83. The largest absolute Gasteiger partial charge is 0.456 e. The molecule has 0 spiro atoms. The predicted octanol–water partition coefficient (Wildman–Crippen LogP) is 13.7. The van der Waals surface area contributed by atoms with E-state index in [1.54, 1.807) is 5.19 Å². The molecule has 3 aromatic heterocycles. The van der Waals surface area contributed by atoms with Crippen LogP contribution >= 0.6 is 11.3 Å². The summed E-state index contributed by atoms with van der Waals surface area (Å²) in [6.07, 6.45) is 0. The van der Waals surface area contributed by atoms with Crippen molar-refractivity contribution in [1.29, 1.82) is 0 Å². The summed E-state index contributed by atoms with van der Waals surface area (Å²) in [7, 11) is -2.28. The Morgan fingerprint density at radius 2 is 1.28 bits per heavy atom. The Labute approximate surface area is 378 Å². The van der Waals surface area contributed by atoms with Crippen LogP contribution in [0.4, 0.5) is 11.4 Å². The molecular weight excluding hydrogens is 812 g/mol. The second kappa shape index (κ2) is 12.1. The van der Waals surface area contributed by atoms with Crippen LogP contribution in [-0.2, 0) is 10.8 Å². The molecule has 0 saturated carbocycles. The minimum atomic E-state index is -2.28. The van der Waals surface area contributed by atoms with Crippen LogP contribution in [0.15, 0.2) is 144 Å². The Bertz CT molecular complexity index is 3910. The molecule has 0 atom stereocenters. The van der Waals surface area contributed by atoms with Gasteiger partial charge in [0.2, 0.25) is 0 Å². The van der Waals surface area contributed by atoms with Gasteiger partial charge in [0.05, 0.1) is 11.0 Å². The minimum Gasteiger partial charge on any atom is -0.456 e. The van der Waals surface area contributed by atoms with E-state index in [9.17, 15) is 0 Å². The quantitative estimate of drug-likeness (QED) is 0.153. The van der Waals surface area contributed by atoms with E-state index in [1.807, 2.05) is 11.3 Å². The Kier molecular flexibility index (Phi) is 6.99. The zero-order valence-electron chi connectivity index (χ0n) is 37.6. The normalized spacial score (nSPS) is 14.9. The lowest BCUT2D eigenvalue weighted by atomic mass is 9.43. The van der Waals surface area contributed by atoms with Crippen molar-refractivity contribution in [2.45, 2.75) is 65.5 Å². The van der Waals surface area contributed by atoms with Crippen LogP contribution in [0.1, 0.15) is 52.7 Å². The van der Waals surface area contributed by atoms with Gasteiger partial charge in [-0.25, -0.2) is 0 Å². The van der Waals surface area contributed by atoms with E-state index >= 15 is 0 Å². The number of nitrogens with zero attached hydrogens (tertiary/aromatic N) is 2. The van der Waals surface area contributed by atoms with Crippen LogP contribution in [0.3, 0.4) is 0 Å². The summed E-state index contributed by atoms with van der Waals surface area (Å²) in [6, 6.07) is 53.9. The van der Waals surface area contributed by atoms with Crippen LogP contribution in [0, 0.1) is 0 Å². The van der Waals surface area contributed by atoms with Crippen LogP contribution in [-0.4, -0.2) is 19.5 Å². The van der Waals surface area contributed by atoms with Crippen molar-refractivity contribution in [3.8, 4) is 27.9 Å². The molecule has 8 aromatic carbocycles. The molecule has 3 nitrogen and oxygen atoms in total. The average Bonchev–Trinajstić information content (AvgIpc) is 4.00. The third kappa shape index (κ3) is 4.62. The summed E-state index contributed by atoms with van der Waals surface area (Å²) in [5.74, 6) is 0. The zero-order valence-corrected chi connectivity index (χ0v) is 39.4. The number of rotatable bonds is 1. The van der Waals surface area contributed by atoms with Gasteiger partial charge in [0.25, 0.3) is 0 Å². The number of hydrogen-bond acceptors (Lipinski definition) is 3. The second-order valence-corrected chi connectivity index (χ2v) is 26.7. The van der Waals surface area contributed by atoms with E-state index in [0.717, 1.165) is 21.9 Å². The van der Waals surface area contributed by atoms with Gasteiger partial charge in [-0.05, 0) is 115 Å². The summed E-state index contributed by atoms with van der Waals surface area (Å²) in [4.78, 5) is 2.71. The summed E-state index contributed by atoms with van der Waals surface area (Å²) >= 11 is 1.92. The van der Waals surface area contributed by atoms with Gasteiger partial charge < -0.3 is 13.8 Å². The van der Waals surface area contributed by atoms with Crippen molar-refractivity contribution in [3.05, 3.63) is 151 Å². The Balaban J connectivity index is 1.24. The Hall–Kier alpha value is -6.34. The van der Waals surface area contributed by atoms with Gasteiger partial charge in [-0.15, -0.1) is 11.3 Å². The van der Waals surface area contributed by atoms with Crippen molar-refractivity contribution in [2.24, 2.45) is 0 Å². The molecule has 0 fully saturated rings. The first kappa shape index (κ1) is 37.1. The first-order valence-corrected chi connectivity index (χ1v) is 26.7. The number of para-hydroxylation sites is 1. The lowest BCUT2D eigenvalue weighted by Crippen LogP contribution is -2.61. The number of thiophene rings is 1. The van der Waals surface area contributed by atoms with Crippen LogP contribution in [0.5, 0.6) is 0 Å². The van der Waals surface area contributed by atoms with E-state index in [-0.39, 0.29) is 17.7 Å². The fourth-order valence-electron chi connectivity index (χ4n) is 12.2. The first-order chi connectivity index (χ1) is 30.8. The Morgan fingerprint density at radius 3 is 2.08 bits per heavy atom. The van der Waals surface area contributed by atoms with Crippen molar-refractivity contribution in [3.63, 3.8) is 0 Å². The van der Waals surface area contributed by atoms with E-state index in [4.69, 9.17) is 4.42 Å². The molecule has 11 aromatic rings. The molecule has 0 amide bonds. The van der Waals surface area contributed by atoms with Crippen molar-refractivity contribution < 1.29 is 4.42 Å². The van der Waals surface area contributed by atoms with Gasteiger partial charge in [0, 0.05) is 64.3 Å². The monoisotopic (exact) mass is 858 g/mol. The highest BCUT2D eigenvalue weighted by atomic mass is 32.1. The number of benzene rings is 8. The van der Waals surface area contributed by atoms with Gasteiger partial charge in [-0.3, -0.25) is 0 Å². The summed E-state index contributed by atoms with van der Waals surface area (Å²) in [6.45, 7) is 19.1. The van der Waals surface area contributed by atoms with Crippen LogP contribution < -0.4 is 26.1 Å². The molecule has 6 heterocycles. The molecule has 0 aliphatic carbocycles. The lowest BCUT2D eigenvalue weighted by Gasteiger charge is -2.43. The average molecular weight is 859 g/mol. The van der Waals surface area contributed by atoms with Gasteiger partial charge >= 0.3 is 6.85 Å². The topological polar surface area (TPSA) is 21.3 Å². The van der Waals surface area contributed by atoms with Crippen molar-refractivity contribution in [1.82, 2.24) is 4.57 Å². The van der Waals surface area contributed by atoms with Gasteiger partial charge in [0.15, 0.2) is 0 Å².